The zero-order valence-electron chi connectivity index (χ0n) is 16.2. The molecule has 0 radical (unpaired) electrons. The first-order chi connectivity index (χ1) is 14.2. The molecule has 0 unspecified atom stereocenters. The molecule has 5 nitrogen and oxygen atoms in total. The summed E-state index contributed by atoms with van der Waals surface area (Å²) in [6.07, 6.45) is 7.52. The van der Waals surface area contributed by atoms with E-state index in [1.165, 1.54) is 12.1 Å². The highest BCUT2D eigenvalue weighted by Crippen LogP contribution is 2.27. The molecule has 0 saturated heterocycles. The van der Waals surface area contributed by atoms with E-state index in [-0.39, 0.29) is 18.2 Å². The van der Waals surface area contributed by atoms with Gasteiger partial charge in [0.25, 0.3) is 0 Å². The van der Waals surface area contributed by atoms with Gasteiger partial charge in [0, 0.05) is 36.9 Å². The summed E-state index contributed by atoms with van der Waals surface area (Å²) in [5, 5.41) is 3.33. The van der Waals surface area contributed by atoms with Gasteiger partial charge in [-0.25, -0.2) is 14.4 Å². The fourth-order valence-corrected chi connectivity index (χ4v) is 3.39. The second-order valence-corrected chi connectivity index (χ2v) is 6.86. The molecule has 0 fully saturated rings. The van der Waals surface area contributed by atoms with Gasteiger partial charge in [-0.3, -0.25) is 4.40 Å². The molecule has 30 heavy (non-hydrogen) atoms. The van der Waals surface area contributed by atoms with Crippen LogP contribution in [0.2, 0.25) is 0 Å². The predicted octanol–water partition coefficient (Wildman–Crippen LogP) is 5.71. The normalized spacial score (nSPS) is 10.7. The second kappa shape index (κ2) is 8.00. The Labute approximate surface area is 179 Å². The van der Waals surface area contributed by atoms with E-state index in [4.69, 9.17) is 0 Å². The minimum absolute atomic E-state index is 0. The standard InChI is InChI=1S/C23H18FN5.ClH/c1-28-12-10-25-23(28)27-20-4-2-3-18(13-20)21-15-26-22-14-17(9-11-29(21)22)16-5-7-19(24)8-6-16;/h2-15H,1H3,(H,25,27);1H. The van der Waals surface area contributed by atoms with Gasteiger partial charge in [0.15, 0.2) is 0 Å². The van der Waals surface area contributed by atoms with Crippen molar-refractivity contribution < 1.29 is 4.39 Å². The number of nitrogens with zero attached hydrogens (tertiary/aromatic N) is 4. The maximum absolute atomic E-state index is 13.2. The number of fused-ring (bicyclic) bond motifs is 1. The van der Waals surface area contributed by atoms with E-state index in [0.717, 1.165) is 39.7 Å². The van der Waals surface area contributed by atoms with Crippen molar-refractivity contribution in [1.29, 1.82) is 0 Å². The monoisotopic (exact) mass is 419 g/mol. The van der Waals surface area contributed by atoms with Crippen LogP contribution in [-0.4, -0.2) is 18.9 Å². The molecule has 0 aliphatic heterocycles. The van der Waals surface area contributed by atoms with Gasteiger partial charge < -0.3 is 9.88 Å². The van der Waals surface area contributed by atoms with Gasteiger partial charge in [-0.05, 0) is 47.5 Å². The summed E-state index contributed by atoms with van der Waals surface area (Å²) in [5.74, 6) is 0.543. The van der Waals surface area contributed by atoms with Gasteiger partial charge in [-0.1, -0.05) is 24.3 Å². The highest BCUT2D eigenvalue weighted by molar-refractivity contribution is 5.85. The van der Waals surface area contributed by atoms with E-state index >= 15 is 0 Å². The van der Waals surface area contributed by atoms with Gasteiger partial charge in [0.2, 0.25) is 5.95 Å². The van der Waals surface area contributed by atoms with Crippen molar-refractivity contribution in [2.24, 2.45) is 7.05 Å². The van der Waals surface area contributed by atoms with Crippen molar-refractivity contribution in [2.45, 2.75) is 0 Å². The van der Waals surface area contributed by atoms with Gasteiger partial charge in [0.05, 0.1) is 11.9 Å². The average Bonchev–Trinajstić information content (AvgIpc) is 3.34. The third-order valence-electron chi connectivity index (χ3n) is 4.93. The number of aryl methyl sites for hydroxylation is 1. The summed E-state index contributed by atoms with van der Waals surface area (Å²) in [6.45, 7) is 0. The van der Waals surface area contributed by atoms with Crippen LogP contribution >= 0.6 is 12.4 Å². The van der Waals surface area contributed by atoms with Gasteiger partial charge >= 0.3 is 0 Å². The zero-order valence-corrected chi connectivity index (χ0v) is 17.0. The molecule has 0 amide bonds. The van der Waals surface area contributed by atoms with E-state index in [2.05, 4.69) is 27.4 Å². The quantitative estimate of drug-likeness (QED) is 0.406. The molecule has 0 spiro atoms. The molecule has 5 rings (SSSR count). The molecule has 7 heteroatoms. The molecule has 0 aliphatic carbocycles. The Morgan fingerprint density at radius 3 is 2.47 bits per heavy atom. The number of nitrogens with one attached hydrogen (secondary N) is 1. The summed E-state index contributed by atoms with van der Waals surface area (Å²) in [6, 6.07) is 18.7. The highest BCUT2D eigenvalue weighted by atomic mass is 35.5. The molecule has 2 aromatic carbocycles. The molecule has 0 saturated carbocycles. The van der Waals surface area contributed by atoms with Crippen LogP contribution in [0.4, 0.5) is 16.0 Å². The lowest BCUT2D eigenvalue weighted by Gasteiger charge is -2.09. The first kappa shape index (κ1) is 19.7. The van der Waals surface area contributed by atoms with Crippen molar-refractivity contribution in [1.82, 2.24) is 18.9 Å². The number of imidazole rings is 2. The van der Waals surface area contributed by atoms with Gasteiger partial charge in [0.1, 0.15) is 11.5 Å². The third-order valence-corrected chi connectivity index (χ3v) is 4.93. The number of anilines is 2. The Bertz CT molecular complexity index is 1310. The fraction of sp³-hybridized carbons (Fsp3) is 0.0435. The third kappa shape index (κ3) is 3.65. The van der Waals surface area contributed by atoms with Crippen molar-refractivity contribution in [2.75, 3.05) is 5.32 Å². The molecular formula is C23H19ClFN5. The molecule has 150 valence electrons. The minimum Gasteiger partial charge on any atom is -0.326 e. The maximum Gasteiger partial charge on any atom is 0.207 e. The topological polar surface area (TPSA) is 47.2 Å². The molecule has 1 N–H and O–H groups in total. The van der Waals surface area contributed by atoms with Crippen molar-refractivity contribution >= 4 is 29.7 Å². The lowest BCUT2D eigenvalue weighted by Crippen LogP contribution is -1.98. The van der Waals surface area contributed by atoms with Crippen LogP contribution in [0.3, 0.4) is 0 Å². The van der Waals surface area contributed by atoms with Crippen LogP contribution in [0.15, 0.2) is 85.5 Å². The number of hydrogen-bond donors (Lipinski definition) is 1. The molecule has 5 aromatic rings. The number of benzene rings is 2. The Kier molecular flexibility index (Phi) is 5.25. The van der Waals surface area contributed by atoms with Crippen LogP contribution in [0.1, 0.15) is 0 Å². The SMILES string of the molecule is Cl.Cn1ccnc1Nc1cccc(-c2cnc3cc(-c4ccc(F)cc4)ccn23)c1. The second-order valence-electron chi connectivity index (χ2n) is 6.86. The summed E-state index contributed by atoms with van der Waals surface area (Å²) >= 11 is 0. The number of hydrogen-bond acceptors (Lipinski definition) is 3. The van der Waals surface area contributed by atoms with Crippen LogP contribution < -0.4 is 5.32 Å². The smallest absolute Gasteiger partial charge is 0.207 e. The minimum atomic E-state index is -0.239. The molecular weight excluding hydrogens is 401 g/mol. The number of aromatic nitrogens is 4. The predicted molar refractivity (Wildman–Crippen MR) is 120 cm³/mol. The first-order valence-corrected chi connectivity index (χ1v) is 9.25. The zero-order chi connectivity index (χ0) is 19.8. The summed E-state index contributed by atoms with van der Waals surface area (Å²) in [5.41, 5.74) is 5.79. The Morgan fingerprint density at radius 1 is 0.867 bits per heavy atom. The Hall–Kier alpha value is -3.64. The number of pyridine rings is 1. The van der Waals surface area contributed by atoms with Gasteiger partial charge in [-0.15, -0.1) is 12.4 Å². The number of rotatable bonds is 4. The molecule has 3 heterocycles. The fourth-order valence-electron chi connectivity index (χ4n) is 3.39. The molecule has 0 bridgehead atoms. The van der Waals surface area contributed by atoms with E-state index in [1.807, 2.05) is 58.9 Å². The first-order valence-electron chi connectivity index (χ1n) is 9.25. The lowest BCUT2D eigenvalue weighted by molar-refractivity contribution is 0.628. The van der Waals surface area contributed by atoms with E-state index in [0.29, 0.717) is 0 Å². The Morgan fingerprint density at radius 2 is 1.70 bits per heavy atom. The Balaban J connectivity index is 0.00000218. The van der Waals surface area contributed by atoms with Crippen LogP contribution in [0, 0.1) is 5.82 Å². The van der Waals surface area contributed by atoms with Crippen LogP contribution in [0.5, 0.6) is 0 Å². The number of halogens is 2. The maximum atomic E-state index is 13.2. The average molecular weight is 420 g/mol. The van der Waals surface area contributed by atoms with E-state index in [1.54, 1.807) is 18.3 Å². The lowest BCUT2D eigenvalue weighted by atomic mass is 10.1. The summed E-state index contributed by atoms with van der Waals surface area (Å²) < 4.78 is 17.2. The van der Waals surface area contributed by atoms with E-state index in [9.17, 15) is 4.39 Å². The van der Waals surface area contributed by atoms with Crippen LogP contribution in [0.25, 0.3) is 28.0 Å². The largest absolute Gasteiger partial charge is 0.326 e. The summed E-state index contributed by atoms with van der Waals surface area (Å²) in [4.78, 5) is 8.88. The van der Waals surface area contributed by atoms with Crippen molar-refractivity contribution in [3.63, 3.8) is 0 Å². The molecule has 0 aliphatic rings. The highest BCUT2D eigenvalue weighted by Gasteiger charge is 2.09. The summed E-state index contributed by atoms with van der Waals surface area (Å²) in [7, 11) is 1.95. The van der Waals surface area contributed by atoms with Gasteiger partial charge in [-0.2, -0.15) is 0 Å². The van der Waals surface area contributed by atoms with E-state index < -0.39 is 0 Å². The van der Waals surface area contributed by atoms with Crippen molar-refractivity contribution in [3.05, 3.63) is 91.3 Å². The molecule has 3 aromatic heterocycles. The molecule has 0 atom stereocenters. The van der Waals surface area contributed by atoms with Crippen LogP contribution in [-0.2, 0) is 7.05 Å². The van der Waals surface area contributed by atoms with Crippen molar-refractivity contribution in [3.8, 4) is 22.4 Å².